The van der Waals surface area contributed by atoms with Crippen molar-refractivity contribution in [3.63, 3.8) is 0 Å². The fourth-order valence-corrected chi connectivity index (χ4v) is 5.71. The van der Waals surface area contributed by atoms with E-state index in [4.69, 9.17) is 0 Å². The first-order valence-electron chi connectivity index (χ1n) is 6.52. The molecule has 0 saturated carbocycles. The first kappa shape index (κ1) is 16.4. The predicted molar refractivity (Wildman–Crippen MR) is 102 cm³/mol. The van der Waals surface area contributed by atoms with Crippen molar-refractivity contribution in [1.82, 2.24) is 0 Å². The Hall–Kier alpha value is -0.460. The van der Waals surface area contributed by atoms with E-state index in [1.54, 1.807) is 0 Å². The first-order valence-corrected chi connectivity index (χ1v) is 9.72. The smallest absolute Gasteiger partial charge is 0.150 e. The quantitative estimate of drug-likeness (QED) is 0.444. The summed E-state index contributed by atoms with van der Waals surface area (Å²) in [6.45, 7) is 0. The molecule has 0 saturated heterocycles. The van der Waals surface area contributed by atoms with E-state index in [1.165, 1.54) is 11.3 Å². The molecule has 0 atom stereocenters. The van der Waals surface area contributed by atoms with Crippen molar-refractivity contribution in [2.75, 3.05) is 0 Å². The number of hydrogen-bond donors (Lipinski definition) is 1. The number of rotatable bonds is 3. The average molecular weight is 503 g/mol. The van der Waals surface area contributed by atoms with Gasteiger partial charge in [0.15, 0.2) is 5.60 Å². The molecule has 0 bridgehead atoms. The second kappa shape index (κ2) is 6.57. The zero-order valence-corrected chi connectivity index (χ0v) is 16.8. The lowest BCUT2D eigenvalue weighted by Crippen LogP contribution is -2.28. The van der Waals surface area contributed by atoms with Gasteiger partial charge in [-0.1, -0.05) is 60.7 Å². The Bertz CT molecular complexity index is 745. The molecule has 3 aromatic rings. The highest BCUT2D eigenvalue weighted by Gasteiger charge is 2.38. The number of thiophene rings is 1. The van der Waals surface area contributed by atoms with Gasteiger partial charge in [-0.2, -0.15) is 0 Å². The van der Waals surface area contributed by atoms with Crippen molar-refractivity contribution in [3.05, 3.63) is 89.4 Å². The van der Waals surface area contributed by atoms with Crippen LogP contribution >= 0.6 is 59.1 Å². The van der Waals surface area contributed by atoms with E-state index in [9.17, 15) is 5.11 Å². The molecule has 0 aliphatic heterocycles. The third kappa shape index (κ3) is 2.74. The van der Waals surface area contributed by atoms with Crippen LogP contribution in [0.15, 0.2) is 73.4 Å². The molecule has 0 unspecified atom stereocenters. The molecule has 0 amide bonds. The minimum atomic E-state index is -1.21. The Balaban J connectivity index is 2.31. The van der Waals surface area contributed by atoms with Gasteiger partial charge in [0.25, 0.3) is 0 Å². The summed E-state index contributed by atoms with van der Waals surface area (Å²) in [7, 11) is 0. The molecule has 1 aromatic heterocycles. The molecule has 0 spiro atoms. The van der Waals surface area contributed by atoms with E-state index in [-0.39, 0.29) is 0 Å². The topological polar surface area (TPSA) is 20.2 Å². The molecule has 1 heterocycles. The van der Waals surface area contributed by atoms with E-state index >= 15 is 0 Å². The van der Waals surface area contributed by atoms with Crippen LogP contribution in [-0.4, -0.2) is 5.11 Å². The molecule has 2 aromatic carbocycles. The molecule has 5 heteroatoms. The molecule has 0 aliphatic carbocycles. The minimum Gasteiger partial charge on any atom is -0.375 e. The Morgan fingerprint density at radius 3 is 1.55 bits per heavy atom. The lowest BCUT2D eigenvalue weighted by atomic mass is 9.85. The molecular formula is C17H11Br3OS. The molecular weight excluding hydrogens is 492 g/mol. The number of halogens is 3. The van der Waals surface area contributed by atoms with Gasteiger partial charge in [-0.15, -0.1) is 11.3 Å². The van der Waals surface area contributed by atoms with Crippen LogP contribution in [0.1, 0.15) is 16.0 Å². The van der Waals surface area contributed by atoms with Crippen LogP contribution in [0.25, 0.3) is 0 Å². The van der Waals surface area contributed by atoms with E-state index in [0.717, 1.165) is 28.7 Å². The second-order valence-corrected chi connectivity index (χ2v) is 8.70. The Morgan fingerprint density at radius 2 is 1.18 bits per heavy atom. The Kier molecular flexibility index (Phi) is 4.90. The summed E-state index contributed by atoms with van der Waals surface area (Å²) in [5.41, 5.74) is 0.465. The Morgan fingerprint density at radius 1 is 0.727 bits per heavy atom. The third-order valence-corrected chi connectivity index (χ3v) is 8.61. The molecule has 0 aliphatic rings. The maximum atomic E-state index is 11.7. The highest BCUT2D eigenvalue weighted by molar-refractivity contribution is 9.14. The van der Waals surface area contributed by atoms with Crippen LogP contribution in [0.4, 0.5) is 0 Å². The van der Waals surface area contributed by atoms with Gasteiger partial charge < -0.3 is 5.11 Å². The summed E-state index contributed by atoms with van der Waals surface area (Å²) in [5, 5.41) is 11.7. The van der Waals surface area contributed by atoms with Crippen LogP contribution < -0.4 is 0 Å². The fraction of sp³-hybridized carbons (Fsp3) is 0.0588. The van der Waals surface area contributed by atoms with E-state index in [0.29, 0.717) is 0 Å². The number of hydrogen-bond acceptors (Lipinski definition) is 2. The van der Waals surface area contributed by atoms with Gasteiger partial charge in [0.05, 0.1) is 17.6 Å². The SMILES string of the molecule is OC(c1ccccc1)(c1ccccc1)c1sc(Br)c(Br)c1Br. The van der Waals surface area contributed by atoms with Crippen LogP contribution in [0, 0.1) is 0 Å². The lowest BCUT2D eigenvalue weighted by molar-refractivity contribution is 0.129. The van der Waals surface area contributed by atoms with Gasteiger partial charge in [-0.05, 0) is 58.9 Å². The average Bonchev–Trinajstić information content (AvgIpc) is 2.83. The van der Waals surface area contributed by atoms with Gasteiger partial charge >= 0.3 is 0 Å². The first-order chi connectivity index (χ1) is 10.5. The number of benzene rings is 2. The van der Waals surface area contributed by atoms with Gasteiger partial charge in [-0.3, -0.25) is 0 Å². The fourth-order valence-electron chi connectivity index (χ4n) is 2.39. The second-order valence-electron chi connectivity index (χ2n) is 4.78. The largest absolute Gasteiger partial charge is 0.375 e. The Labute approximate surface area is 158 Å². The molecule has 0 fully saturated rings. The standard InChI is InChI=1S/C17H11Br3OS/c18-13-14(19)16(20)22-15(13)17(21,11-7-3-1-4-8-11)12-9-5-2-6-10-12/h1-10,21H. The van der Waals surface area contributed by atoms with Crippen LogP contribution in [0.3, 0.4) is 0 Å². The van der Waals surface area contributed by atoms with Crippen molar-refractivity contribution in [2.24, 2.45) is 0 Å². The predicted octanol–water partition coefficient (Wildman–Crippen LogP) is 6.32. The third-order valence-electron chi connectivity index (χ3n) is 3.47. The summed E-state index contributed by atoms with van der Waals surface area (Å²) in [4.78, 5) is 0.837. The normalized spacial score (nSPS) is 11.6. The van der Waals surface area contributed by atoms with Crippen LogP contribution in [-0.2, 0) is 5.60 Å². The number of aliphatic hydroxyl groups is 1. The van der Waals surface area contributed by atoms with Crippen molar-refractivity contribution in [1.29, 1.82) is 0 Å². The summed E-state index contributed by atoms with van der Waals surface area (Å²) in [6.07, 6.45) is 0. The van der Waals surface area contributed by atoms with Crippen molar-refractivity contribution in [2.45, 2.75) is 5.60 Å². The van der Waals surface area contributed by atoms with Crippen LogP contribution in [0.5, 0.6) is 0 Å². The van der Waals surface area contributed by atoms with Crippen molar-refractivity contribution >= 4 is 59.1 Å². The molecule has 1 N–H and O–H groups in total. The zero-order valence-electron chi connectivity index (χ0n) is 11.3. The van der Waals surface area contributed by atoms with Crippen molar-refractivity contribution in [3.8, 4) is 0 Å². The summed E-state index contributed by atoms with van der Waals surface area (Å²) in [5.74, 6) is 0. The van der Waals surface area contributed by atoms with Crippen LogP contribution in [0.2, 0.25) is 0 Å². The van der Waals surface area contributed by atoms with Crippen molar-refractivity contribution < 1.29 is 5.11 Å². The van der Waals surface area contributed by atoms with Gasteiger partial charge in [0, 0.05) is 0 Å². The summed E-state index contributed by atoms with van der Waals surface area (Å²) in [6, 6.07) is 19.4. The molecule has 1 nitrogen and oxygen atoms in total. The maximum Gasteiger partial charge on any atom is 0.150 e. The molecule has 22 heavy (non-hydrogen) atoms. The lowest BCUT2D eigenvalue weighted by Gasteiger charge is -2.29. The minimum absolute atomic E-state index is 0.836. The highest BCUT2D eigenvalue weighted by Crippen LogP contribution is 2.49. The van der Waals surface area contributed by atoms with Gasteiger partial charge in [0.2, 0.25) is 0 Å². The highest BCUT2D eigenvalue weighted by atomic mass is 79.9. The molecule has 112 valence electrons. The van der Waals surface area contributed by atoms with E-state index < -0.39 is 5.60 Å². The maximum absolute atomic E-state index is 11.7. The van der Waals surface area contributed by atoms with E-state index in [1.807, 2.05) is 60.7 Å². The van der Waals surface area contributed by atoms with Gasteiger partial charge in [-0.25, -0.2) is 0 Å². The molecule has 3 rings (SSSR count). The monoisotopic (exact) mass is 500 g/mol. The van der Waals surface area contributed by atoms with Gasteiger partial charge in [0.1, 0.15) is 0 Å². The molecule has 0 radical (unpaired) electrons. The summed E-state index contributed by atoms with van der Waals surface area (Å²) >= 11 is 12.2. The zero-order chi connectivity index (χ0) is 15.7. The van der Waals surface area contributed by atoms with E-state index in [2.05, 4.69) is 47.8 Å². The summed E-state index contributed by atoms with van der Waals surface area (Å²) < 4.78 is 2.72.